The number of sulfonamides is 1. The van der Waals surface area contributed by atoms with E-state index in [0.29, 0.717) is 0 Å². The van der Waals surface area contributed by atoms with E-state index in [0.717, 1.165) is 4.88 Å². The second-order valence-corrected chi connectivity index (χ2v) is 5.65. The van der Waals surface area contributed by atoms with Crippen LogP contribution in [0.1, 0.15) is 4.88 Å². The van der Waals surface area contributed by atoms with Crippen molar-refractivity contribution in [3.8, 4) is 0 Å². The summed E-state index contributed by atoms with van der Waals surface area (Å²) >= 11 is 1.45. The lowest BCUT2D eigenvalue weighted by molar-refractivity contribution is 0.598. The summed E-state index contributed by atoms with van der Waals surface area (Å²) in [6.07, 6.45) is 1.37. The van der Waals surface area contributed by atoms with Crippen molar-refractivity contribution in [1.82, 2.24) is 0 Å². The quantitative estimate of drug-likeness (QED) is 0.787. The molecule has 0 aliphatic rings. The summed E-state index contributed by atoms with van der Waals surface area (Å²) in [6.45, 7) is 0. The van der Waals surface area contributed by atoms with Gasteiger partial charge in [0, 0.05) is 4.88 Å². The van der Waals surface area contributed by atoms with Crippen LogP contribution in [0, 0.1) is 0 Å². The Kier molecular flexibility index (Phi) is 3.17. The van der Waals surface area contributed by atoms with Gasteiger partial charge in [-0.15, -0.1) is 11.3 Å². The van der Waals surface area contributed by atoms with E-state index < -0.39 is 10.0 Å². The third-order valence-electron chi connectivity index (χ3n) is 1.90. The summed E-state index contributed by atoms with van der Waals surface area (Å²) in [5.41, 5.74) is 0. The zero-order valence-electron chi connectivity index (χ0n) is 8.28. The normalized spacial score (nSPS) is 12.0. The van der Waals surface area contributed by atoms with Gasteiger partial charge in [0.1, 0.15) is 0 Å². The molecule has 2 rings (SSSR count). The van der Waals surface area contributed by atoms with Gasteiger partial charge < -0.3 is 0 Å². The molecule has 1 aromatic heterocycles. The monoisotopic (exact) mass is 251 g/mol. The fourth-order valence-electron chi connectivity index (χ4n) is 1.14. The van der Waals surface area contributed by atoms with Crippen LogP contribution in [-0.4, -0.2) is 14.6 Å². The molecule has 1 aromatic carbocycles. The van der Waals surface area contributed by atoms with Crippen LogP contribution in [0.4, 0.5) is 0 Å². The van der Waals surface area contributed by atoms with Gasteiger partial charge >= 0.3 is 0 Å². The molecular weight excluding hydrogens is 242 g/mol. The minimum Gasteiger partial charge on any atom is -0.199 e. The van der Waals surface area contributed by atoms with Crippen molar-refractivity contribution in [2.45, 2.75) is 4.90 Å². The van der Waals surface area contributed by atoms with Crippen molar-refractivity contribution in [3.05, 3.63) is 52.7 Å². The molecule has 0 aliphatic heterocycles. The van der Waals surface area contributed by atoms with Crippen molar-refractivity contribution in [3.63, 3.8) is 0 Å². The van der Waals surface area contributed by atoms with Gasteiger partial charge in [0.05, 0.1) is 11.1 Å². The maximum atomic E-state index is 11.7. The number of hydrogen-bond acceptors (Lipinski definition) is 3. The Bertz CT molecular complexity index is 572. The predicted octanol–water partition coefficient (Wildman–Crippen LogP) is 2.56. The Balaban J connectivity index is 2.28. The van der Waals surface area contributed by atoms with E-state index in [2.05, 4.69) is 4.40 Å². The smallest absolute Gasteiger partial charge is 0.199 e. The Morgan fingerprint density at radius 3 is 2.44 bits per heavy atom. The van der Waals surface area contributed by atoms with E-state index >= 15 is 0 Å². The first kappa shape index (κ1) is 11.0. The molecule has 0 spiro atoms. The topological polar surface area (TPSA) is 46.5 Å². The van der Waals surface area contributed by atoms with E-state index in [9.17, 15) is 8.42 Å². The Morgan fingerprint density at radius 2 is 1.81 bits per heavy atom. The fourth-order valence-corrected chi connectivity index (χ4v) is 2.67. The second-order valence-electron chi connectivity index (χ2n) is 3.04. The molecule has 3 nitrogen and oxygen atoms in total. The molecule has 2 aromatic rings. The largest absolute Gasteiger partial charge is 0.282 e. The molecule has 0 N–H and O–H groups in total. The van der Waals surface area contributed by atoms with Crippen LogP contribution in [-0.2, 0) is 10.0 Å². The zero-order chi connectivity index (χ0) is 11.4. The third-order valence-corrected chi connectivity index (χ3v) is 3.96. The lowest BCUT2D eigenvalue weighted by atomic mass is 10.4. The van der Waals surface area contributed by atoms with E-state index in [1.165, 1.54) is 29.7 Å². The van der Waals surface area contributed by atoms with E-state index in [1.54, 1.807) is 18.2 Å². The van der Waals surface area contributed by atoms with Crippen molar-refractivity contribution in [2.75, 3.05) is 0 Å². The van der Waals surface area contributed by atoms with Gasteiger partial charge in [-0.05, 0) is 23.6 Å². The molecule has 0 bridgehead atoms. The van der Waals surface area contributed by atoms with E-state index in [4.69, 9.17) is 0 Å². The summed E-state index contributed by atoms with van der Waals surface area (Å²) in [4.78, 5) is 1.03. The van der Waals surface area contributed by atoms with Crippen LogP contribution >= 0.6 is 11.3 Å². The van der Waals surface area contributed by atoms with Gasteiger partial charge in [0.15, 0.2) is 0 Å². The van der Waals surface area contributed by atoms with Gasteiger partial charge in [-0.1, -0.05) is 24.3 Å². The molecular formula is C11H9NO2S2. The summed E-state index contributed by atoms with van der Waals surface area (Å²) in [5.74, 6) is 0. The summed E-state index contributed by atoms with van der Waals surface area (Å²) < 4.78 is 27.1. The SMILES string of the molecule is O=S(=O)(N=Cc1cccs1)c1ccccc1. The molecule has 0 saturated carbocycles. The van der Waals surface area contributed by atoms with E-state index in [1.807, 2.05) is 17.5 Å². The van der Waals surface area contributed by atoms with Crippen LogP contribution in [0.5, 0.6) is 0 Å². The first-order chi connectivity index (χ1) is 7.68. The minimum absolute atomic E-state index is 0.211. The number of hydrogen-bond donors (Lipinski definition) is 0. The molecule has 5 heteroatoms. The average Bonchev–Trinajstić information content (AvgIpc) is 2.81. The van der Waals surface area contributed by atoms with Crippen LogP contribution < -0.4 is 0 Å². The van der Waals surface area contributed by atoms with E-state index in [-0.39, 0.29) is 4.90 Å². The number of nitrogens with zero attached hydrogens (tertiary/aromatic N) is 1. The second kappa shape index (κ2) is 4.59. The predicted molar refractivity (Wildman–Crippen MR) is 65.5 cm³/mol. The molecule has 16 heavy (non-hydrogen) atoms. The van der Waals surface area contributed by atoms with Gasteiger partial charge in [-0.2, -0.15) is 12.8 Å². The Labute approximate surface area is 98.1 Å². The van der Waals surface area contributed by atoms with Gasteiger partial charge in [-0.25, -0.2) is 0 Å². The summed E-state index contributed by atoms with van der Waals surface area (Å²) in [5, 5.41) is 1.87. The zero-order valence-corrected chi connectivity index (χ0v) is 9.91. The summed E-state index contributed by atoms with van der Waals surface area (Å²) in [7, 11) is -3.56. The Hall–Kier alpha value is -1.46. The molecule has 1 heterocycles. The van der Waals surface area contributed by atoms with Gasteiger partial charge in [0.2, 0.25) is 0 Å². The highest BCUT2D eigenvalue weighted by atomic mass is 32.2. The molecule has 0 radical (unpaired) electrons. The molecule has 0 fully saturated rings. The number of thiophene rings is 1. The summed E-state index contributed by atoms with van der Waals surface area (Å²) in [6, 6.07) is 11.8. The molecule has 0 aliphatic carbocycles. The third kappa shape index (κ3) is 2.56. The minimum atomic E-state index is -3.56. The highest BCUT2D eigenvalue weighted by Gasteiger charge is 2.09. The van der Waals surface area contributed by atoms with Crippen LogP contribution in [0.2, 0.25) is 0 Å². The van der Waals surface area contributed by atoms with Crippen molar-refractivity contribution in [2.24, 2.45) is 4.40 Å². The number of benzene rings is 1. The lowest BCUT2D eigenvalue weighted by Crippen LogP contribution is -1.96. The highest BCUT2D eigenvalue weighted by Crippen LogP contribution is 2.12. The molecule has 0 unspecified atom stereocenters. The van der Waals surface area contributed by atoms with Crippen molar-refractivity contribution >= 4 is 27.6 Å². The average molecular weight is 251 g/mol. The first-order valence-electron chi connectivity index (χ1n) is 4.57. The first-order valence-corrected chi connectivity index (χ1v) is 6.89. The molecule has 0 amide bonds. The molecule has 0 saturated heterocycles. The van der Waals surface area contributed by atoms with Crippen LogP contribution in [0.15, 0.2) is 57.1 Å². The lowest BCUT2D eigenvalue weighted by Gasteiger charge is -1.96. The van der Waals surface area contributed by atoms with Crippen LogP contribution in [0.3, 0.4) is 0 Å². The number of rotatable bonds is 3. The standard InChI is InChI=1S/C11H9NO2S2/c13-16(14,11-6-2-1-3-7-11)12-9-10-5-4-8-15-10/h1-9H. The Morgan fingerprint density at radius 1 is 1.06 bits per heavy atom. The highest BCUT2D eigenvalue weighted by molar-refractivity contribution is 7.90. The fraction of sp³-hybridized carbons (Fsp3) is 0. The van der Waals surface area contributed by atoms with Crippen molar-refractivity contribution < 1.29 is 8.42 Å². The molecule has 82 valence electrons. The van der Waals surface area contributed by atoms with Gasteiger partial charge in [0.25, 0.3) is 10.0 Å². The van der Waals surface area contributed by atoms with Crippen LogP contribution in [0.25, 0.3) is 0 Å². The molecule has 0 atom stereocenters. The maximum Gasteiger partial charge on any atom is 0.282 e. The van der Waals surface area contributed by atoms with Crippen molar-refractivity contribution in [1.29, 1.82) is 0 Å². The van der Waals surface area contributed by atoms with Gasteiger partial charge in [-0.3, -0.25) is 0 Å². The maximum absolute atomic E-state index is 11.7.